The molecule has 1 aromatic carbocycles. The van der Waals surface area contributed by atoms with Crippen molar-refractivity contribution < 1.29 is 9.59 Å². The largest absolute Gasteiger partial charge is 0.321 e. The molecule has 0 aliphatic carbocycles. The fourth-order valence-electron chi connectivity index (χ4n) is 2.42. The Morgan fingerprint density at radius 1 is 1.04 bits per heavy atom. The Balaban J connectivity index is 1.55. The van der Waals surface area contributed by atoms with Gasteiger partial charge < -0.3 is 10.6 Å². The molecule has 3 rings (SSSR count). The lowest BCUT2D eigenvalue weighted by molar-refractivity contribution is -0.115. The molecule has 27 heavy (non-hydrogen) atoms. The smallest absolute Gasteiger partial charge is 0.265 e. The standard InChI is InChI=1S/C20H21N3O2S2/c1-12(2)17-11-21-20(27-17)23-18(24)10-14-5-7-15(8-6-14)22-19(25)16-9-4-13(3)26-16/h4-9,11-12H,10H2,1-3H3,(H,22,25)(H,21,23,24). The first-order valence-corrected chi connectivity index (χ1v) is 10.3. The number of nitrogens with one attached hydrogen (secondary N) is 2. The van der Waals surface area contributed by atoms with E-state index in [1.165, 1.54) is 22.7 Å². The van der Waals surface area contributed by atoms with Crippen LogP contribution >= 0.6 is 22.7 Å². The number of benzene rings is 1. The SMILES string of the molecule is Cc1ccc(C(=O)Nc2ccc(CC(=O)Nc3ncc(C(C)C)s3)cc2)s1. The van der Waals surface area contributed by atoms with Crippen molar-refractivity contribution in [2.45, 2.75) is 33.1 Å². The lowest BCUT2D eigenvalue weighted by Gasteiger charge is -2.06. The van der Waals surface area contributed by atoms with Crippen LogP contribution in [-0.2, 0) is 11.2 Å². The third-order valence-corrected chi connectivity index (χ3v) is 6.09. The van der Waals surface area contributed by atoms with Crippen LogP contribution in [0.5, 0.6) is 0 Å². The van der Waals surface area contributed by atoms with E-state index in [9.17, 15) is 9.59 Å². The summed E-state index contributed by atoms with van der Waals surface area (Å²) in [5, 5.41) is 6.33. The summed E-state index contributed by atoms with van der Waals surface area (Å²) in [6.45, 7) is 6.16. The number of anilines is 2. The van der Waals surface area contributed by atoms with Crippen molar-refractivity contribution in [1.82, 2.24) is 4.98 Å². The van der Waals surface area contributed by atoms with E-state index in [0.29, 0.717) is 21.6 Å². The molecule has 140 valence electrons. The average molecular weight is 400 g/mol. The van der Waals surface area contributed by atoms with Gasteiger partial charge in [-0.2, -0.15) is 0 Å². The maximum Gasteiger partial charge on any atom is 0.265 e. The van der Waals surface area contributed by atoms with E-state index in [2.05, 4.69) is 29.5 Å². The molecule has 0 unspecified atom stereocenters. The summed E-state index contributed by atoms with van der Waals surface area (Å²) < 4.78 is 0. The van der Waals surface area contributed by atoms with Gasteiger partial charge in [0.2, 0.25) is 5.91 Å². The number of carbonyl (C=O) groups is 2. The van der Waals surface area contributed by atoms with Gasteiger partial charge in [0, 0.05) is 21.6 Å². The quantitative estimate of drug-likeness (QED) is 0.608. The summed E-state index contributed by atoms with van der Waals surface area (Å²) >= 11 is 2.96. The number of thiophene rings is 1. The first-order chi connectivity index (χ1) is 12.9. The van der Waals surface area contributed by atoms with E-state index in [1.54, 1.807) is 18.3 Å². The van der Waals surface area contributed by atoms with Gasteiger partial charge in [0.1, 0.15) is 0 Å². The number of thiazole rings is 1. The highest BCUT2D eigenvalue weighted by Crippen LogP contribution is 2.25. The number of hydrogen-bond acceptors (Lipinski definition) is 5. The highest BCUT2D eigenvalue weighted by atomic mass is 32.1. The van der Waals surface area contributed by atoms with Crippen LogP contribution in [0.15, 0.2) is 42.6 Å². The van der Waals surface area contributed by atoms with Gasteiger partial charge in [0.15, 0.2) is 5.13 Å². The second kappa shape index (κ2) is 8.45. The van der Waals surface area contributed by atoms with Crippen LogP contribution in [-0.4, -0.2) is 16.8 Å². The Morgan fingerprint density at radius 3 is 2.37 bits per heavy atom. The zero-order valence-corrected chi connectivity index (χ0v) is 17.0. The monoisotopic (exact) mass is 399 g/mol. The van der Waals surface area contributed by atoms with Crippen molar-refractivity contribution in [3.63, 3.8) is 0 Å². The number of aromatic nitrogens is 1. The first-order valence-electron chi connectivity index (χ1n) is 8.63. The van der Waals surface area contributed by atoms with E-state index < -0.39 is 0 Å². The fourth-order valence-corrected chi connectivity index (χ4v) is 4.01. The summed E-state index contributed by atoms with van der Waals surface area (Å²) in [6.07, 6.45) is 2.06. The molecule has 2 N–H and O–H groups in total. The van der Waals surface area contributed by atoms with Crippen LogP contribution in [0.3, 0.4) is 0 Å². The maximum atomic E-state index is 12.2. The molecular weight excluding hydrogens is 378 g/mol. The van der Waals surface area contributed by atoms with E-state index in [-0.39, 0.29) is 18.2 Å². The summed E-state index contributed by atoms with van der Waals surface area (Å²) in [4.78, 5) is 31.5. The third kappa shape index (κ3) is 5.24. The van der Waals surface area contributed by atoms with Gasteiger partial charge in [-0.05, 0) is 42.7 Å². The second-order valence-corrected chi connectivity index (χ2v) is 8.86. The normalized spacial score (nSPS) is 10.8. The third-order valence-electron chi connectivity index (χ3n) is 3.88. The molecule has 5 nitrogen and oxygen atoms in total. The second-order valence-electron chi connectivity index (χ2n) is 6.51. The molecule has 0 saturated heterocycles. The van der Waals surface area contributed by atoms with Crippen molar-refractivity contribution in [3.05, 3.63) is 62.8 Å². The minimum absolute atomic E-state index is 0.106. The number of rotatable bonds is 6. The van der Waals surface area contributed by atoms with Crippen molar-refractivity contribution in [2.75, 3.05) is 10.6 Å². The predicted octanol–water partition coefficient (Wildman–Crippen LogP) is 5.07. The van der Waals surface area contributed by atoms with Gasteiger partial charge in [-0.25, -0.2) is 4.98 Å². The first kappa shape index (κ1) is 19.3. The minimum Gasteiger partial charge on any atom is -0.321 e. The lowest BCUT2D eigenvalue weighted by atomic mass is 10.1. The fraction of sp³-hybridized carbons (Fsp3) is 0.250. The van der Waals surface area contributed by atoms with Crippen LogP contribution in [0.25, 0.3) is 0 Å². The van der Waals surface area contributed by atoms with Crippen LogP contribution in [0.1, 0.15) is 44.8 Å². The van der Waals surface area contributed by atoms with Gasteiger partial charge in [-0.1, -0.05) is 26.0 Å². The number of aryl methyl sites for hydroxylation is 1. The van der Waals surface area contributed by atoms with Gasteiger partial charge >= 0.3 is 0 Å². The van der Waals surface area contributed by atoms with E-state index in [1.807, 2.05) is 31.2 Å². The molecule has 0 radical (unpaired) electrons. The Morgan fingerprint density at radius 2 is 1.78 bits per heavy atom. The predicted molar refractivity (Wildman–Crippen MR) is 112 cm³/mol. The molecule has 2 aromatic heterocycles. The Labute approximate surface area is 166 Å². The Bertz CT molecular complexity index is 942. The molecule has 3 aromatic rings. The molecule has 2 amide bonds. The summed E-state index contributed by atoms with van der Waals surface area (Å²) in [7, 11) is 0. The Kier molecular flexibility index (Phi) is 6.03. The number of carbonyl (C=O) groups excluding carboxylic acids is 2. The molecule has 0 saturated carbocycles. The van der Waals surface area contributed by atoms with Crippen molar-refractivity contribution >= 4 is 45.3 Å². The molecule has 0 aliphatic rings. The molecule has 0 aliphatic heterocycles. The topological polar surface area (TPSA) is 71.1 Å². The Hall–Kier alpha value is -2.51. The van der Waals surface area contributed by atoms with Crippen LogP contribution in [0.2, 0.25) is 0 Å². The zero-order chi connectivity index (χ0) is 19.4. The van der Waals surface area contributed by atoms with Crippen molar-refractivity contribution in [2.24, 2.45) is 0 Å². The summed E-state index contributed by atoms with van der Waals surface area (Å²) in [5.74, 6) is 0.169. The lowest BCUT2D eigenvalue weighted by Crippen LogP contribution is -2.14. The molecule has 2 heterocycles. The van der Waals surface area contributed by atoms with Gasteiger partial charge in [-0.15, -0.1) is 22.7 Å². The van der Waals surface area contributed by atoms with Crippen molar-refractivity contribution in [1.29, 1.82) is 0 Å². The van der Waals surface area contributed by atoms with E-state index >= 15 is 0 Å². The molecular formula is C20H21N3O2S2. The zero-order valence-electron chi connectivity index (χ0n) is 15.4. The van der Waals surface area contributed by atoms with Gasteiger partial charge in [0.05, 0.1) is 11.3 Å². The summed E-state index contributed by atoms with van der Waals surface area (Å²) in [5.41, 5.74) is 1.58. The van der Waals surface area contributed by atoms with Gasteiger partial charge in [0.25, 0.3) is 5.91 Å². The van der Waals surface area contributed by atoms with Crippen LogP contribution < -0.4 is 10.6 Å². The highest BCUT2D eigenvalue weighted by Gasteiger charge is 2.11. The molecule has 0 bridgehead atoms. The van der Waals surface area contributed by atoms with Crippen LogP contribution in [0, 0.1) is 6.92 Å². The minimum atomic E-state index is -0.122. The molecule has 0 spiro atoms. The maximum absolute atomic E-state index is 12.2. The molecule has 7 heteroatoms. The summed E-state index contributed by atoms with van der Waals surface area (Å²) in [6, 6.07) is 11.0. The van der Waals surface area contributed by atoms with E-state index in [4.69, 9.17) is 0 Å². The molecule has 0 fully saturated rings. The number of amides is 2. The highest BCUT2D eigenvalue weighted by molar-refractivity contribution is 7.15. The average Bonchev–Trinajstić information content (AvgIpc) is 3.26. The number of hydrogen-bond donors (Lipinski definition) is 2. The van der Waals surface area contributed by atoms with Crippen LogP contribution in [0.4, 0.5) is 10.8 Å². The number of nitrogens with zero attached hydrogens (tertiary/aromatic N) is 1. The molecule has 0 atom stereocenters. The van der Waals surface area contributed by atoms with E-state index in [0.717, 1.165) is 15.3 Å². The van der Waals surface area contributed by atoms with Gasteiger partial charge in [-0.3, -0.25) is 9.59 Å². The van der Waals surface area contributed by atoms with Crippen molar-refractivity contribution in [3.8, 4) is 0 Å².